The minimum absolute atomic E-state index is 0.0381. The highest BCUT2D eigenvalue weighted by atomic mass is 33.1. The van der Waals surface area contributed by atoms with Gasteiger partial charge < -0.3 is 39.2 Å². The number of carbonyl (C=O) groups is 1. The molecule has 0 aliphatic carbocycles. The summed E-state index contributed by atoms with van der Waals surface area (Å²) < 4.78 is 63.3. The van der Waals surface area contributed by atoms with Gasteiger partial charge in [0.25, 0.3) is 0 Å². The SMILES string of the molecule is CN(C)/C=N/c1ncnc2c1c(C#CCOCSSC(C)(C)CNC(=O)C(F)(F)F)cn2[C@H]1CC(OCN)[C@@H](CO[Si](C)(C)C(C)(C)C)O1. The summed E-state index contributed by atoms with van der Waals surface area (Å²) in [5, 5.41) is 2.61. The third kappa shape index (κ3) is 11.8. The maximum Gasteiger partial charge on any atom is 0.471 e. The molecular formula is C31H48F3N7O5S2Si. The lowest BCUT2D eigenvalue weighted by Gasteiger charge is -2.37. The molecule has 3 rings (SSSR count). The van der Waals surface area contributed by atoms with Gasteiger partial charge in [0.05, 0.1) is 36.7 Å². The minimum atomic E-state index is -4.92. The summed E-state index contributed by atoms with van der Waals surface area (Å²) in [5.74, 6) is 4.91. The van der Waals surface area contributed by atoms with E-state index < -0.39 is 31.4 Å². The Morgan fingerprint density at radius 1 is 1.27 bits per heavy atom. The molecule has 1 unspecified atom stereocenters. The summed E-state index contributed by atoms with van der Waals surface area (Å²) in [6.45, 7) is 14.8. The molecule has 274 valence electrons. The largest absolute Gasteiger partial charge is 0.471 e. The number of ether oxygens (including phenoxy) is 3. The van der Waals surface area contributed by atoms with Crippen LogP contribution in [0.2, 0.25) is 18.1 Å². The topological polar surface area (TPSA) is 138 Å². The quantitative estimate of drug-likeness (QED) is 0.0459. The predicted molar refractivity (Wildman–Crippen MR) is 191 cm³/mol. The minimum Gasteiger partial charge on any atom is -0.414 e. The molecule has 1 aliphatic rings. The van der Waals surface area contributed by atoms with E-state index in [2.05, 4.69) is 60.7 Å². The molecule has 1 aliphatic heterocycles. The molecule has 12 nitrogen and oxygen atoms in total. The molecule has 3 atom stereocenters. The Labute approximate surface area is 295 Å². The number of fused-ring (bicyclic) bond motifs is 1. The zero-order valence-corrected chi connectivity index (χ0v) is 32.1. The first kappa shape index (κ1) is 41.1. The van der Waals surface area contributed by atoms with Crippen LogP contribution in [0.1, 0.15) is 52.8 Å². The number of nitrogens with zero attached hydrogens (tertiary/aromatic N) is 5. The van der Waals surface area contributed by atoms with Crippen molar-refractivity contribution < 1.29 is 36.6 Å². The van der Waals surface area contributed by atoms with Crippen molar-refractivity contribution in [3.63, 3.8) is 0 Å². The number of rotatable bonds is 15. The molecule has 2 aromatic heterocycles. The van der Waals surface area contributed by atoms with Crippen molar-refractivity contribution in [1.82, 2.24) is 24.8 Å². The molecule has 18 heteroatoms. The van der Waals surface area contributed by atoms with E-state index in [4.69, 9.17) is 24.4 Å². The van der Waals surface area contributed by atoms with E-state index in [-0.39, 0.29) is 43.1 Å². The van der Waals surface area contributed by atoms with Crippen LogP contribution in [0.3, 0.4) is 0 Å². The first-order valence-electron chi connectivity index (χ1n) is 15.7. The Hall–Kier alpha value is -2.37. The molecule has 0 spiro atoms. The molecule has 1 saturated heterocycles. The highest BCUT2D eigenvalue weighted by Crippen LogP contribution is 2.40. The molecule has 3 N–H and O–H groups in total. The van der Waals surface area contributed by atoms with Gasteiger partial charge in [0.15, 0.2) is 14.1 Å². The average Bonchev–Trinajstić information content (AvgIpc) is 3.57. The summed E-state index contributed by atoms with van der Waals surface area (Å²) in [4.78, 5) is 26.5. The fourth-order valence-electron chi connectivity index (χ4n) is 4.34. The van der Waals surface area contributed by atoms with Crippen molar-refractivity contribution in [2.45, 2.75) is 88.5 Å². The van der Waals surface area contributed by atoms with Crippen LogP contribution in [0.5, 0.6) is 0 Å². The number of hydrogen-bond acceptors (Lipinski definition) is 11. The Balaban J connectivity index is 1.76. The van der Waals surface area contributed by atoms with Crippen LogP contribution >= 0.6 is 21.6 Å². The van der Waals surface area contributed by atoms with Crippen molar-refractivity contribution in [1.29, 1.82) is 0 Å². The number of aromatic nitrogens is 3. The van der Waals surface area contributed by atoms with Crippen molar-refractivity contribution in [2.75, 3.05) is 46.5 Å². The van der Waals surface area contributed by atoms with Gasteiger partial charge >= 0.3 is 12.1 Å². The molecule has 0 aromatic carbocycles. The highest BCUT2D eigenvalue weighted by molar-refractivity contribution is 8.77. The van der Waals surface area contributed by atoms with Crippen LogP contribution in [-0.2, 0) is 23.4 Å². The van der Waals surface area contributed by atoms with E-state index in [0.29, 0.717) is 35.4 Å². The van der Waals surface area contributed by atoms with Gasteiger partial charge in [-0.1, -0.05) is 54.2 Å². The Morgan fingerprint density at radius 2 is 1.98 bits per heavy atom. The zero-order chi connectivity index (χ0) is 36.6. The number of nitrogens with two attached hydrogens (primary N) is 1. The van der Waals surface area contributed by atoms with Crippen LogP contribution in [-0.4, -0.2) is 110 Å². The summed E-state index contributed by atoms with van der Waals surface area (Å²) in [6.07, 6.45) is -0.480. The number of carbonyl (C=O) groups excluding carboxylic acids is 1. The lowest BCUT2D eigenvalue weighted by atomic mass is 10.2. The molecule has 1 amide bonds. The summed E-state index contributed by atoms with van der Waals surface area (Å²) >= 11 is 0. The van der Waals surface area contributed by atoms with Gasteiger partial charge in [-0.3, -0.25) is 4.79 Å². The van der Waals surface area contributed by atoms with E-state index in [1.54, 1.807) is 25.1 Å². The van der Waals surface area contributed by atoms with Crippen LogP contribution < -0.4 is 11.1 Å². The molecule has 0 bridgehead atoms. The molecule has 3 heterocycles. The van der Waals surface area contributed by atoms with Gasteiger partial charge in [0.2, 0.25) is 0 Å². The lowest BCUT2D eigenvalue weighted by Crippen LogP contribution is -2.44. The Morgan fingerprint density at radius 3 is 2.61 bits per heavy atom. The average molecular weight is 748 g/mol. The van der Waals surface area contributed by atoms with Gasteiger partial charge in [-0.25, -0.2) is 15.0 Å². The van der Waals surface area contributed by atoms with Crippen molar-refractivity contribution in [2.24, 2.45) is 10.7 Å². The third-order valence-corrected chi connectivity index (χ3v) is 15.4. The number of halogens is 3. The monoisotopic (exact) mass is 747 g/mol. The van der Waals surface area contributed by atoms with Gasteiger partial charge in [-0.2, -0.15) is 13.2 Å². The molecule has 2 aromatic rings. The fourth-order valence-corrected chi connectivity index (χ4v) is 7.49. The van der Waals surface area contributed by atoms with E-state index in [1.807, 2.05) is 30.2 Å². The Kier molecular flexibility index (Phi) is 14.4. The second-order valence-corrected chi connectivity index (χ2v) is 21.5. The predicted octanol–water partition coefficient (Wildman–Crippen LogP) is 5.43. The van der Waals surface area contributed by atoms with E-state index >= 15 is 0 Å². The Bertz CT molecular complexity index is 1510. The first-order valence-corrected chi connectivity index (χ1v) is 20.9. The van der Waals surface area contributed by atoms with Crippen LogP contribution in [0, 0.1) is 11.8 Å². The van der Waals surface area contributed by atoms with Gasteiger partial charge in [0.1, 0.15) is 36.9 Å². The first-order chi connectivity index (χ1) is 22.8. The lowest BCUT2D eigenvalue weighted by molar-refractivity contribution is -0.173. The molecule has 0 saturated carbocycles. The maximum atomic E-state index is 12.5. The number of aliphatic imine (C=N–C) groups is 1. The summed E-state index contributed by atoms with van der Waals surface area (Å²) in [5.41, 5.74) is 7.03. The van der Waals surface area contributed by atoms with E-state index in [1.165, 1.54) is 27.9 Å². The highest BCUT2D eigenvalue weighted by Gasteiger charge is 2.42. The molecule has 49 heavy (non-hydrogen) atoms. The van der Waals surface area contributed by atoms with E-state index in [0.717, 1.165) is 0 Å². The fraction of sp³-hybridized carbons (Fsp3) is 0.677. The second-order valence-electron chi connectivity index (χ2n) is 13.8. The number of hydrogen-bond donors (Lipinski definition) is 2. The maximum absolute atomic E-state index is 12.5. The number of alkyl halides is 3. The summed E-state index contributed by atoms with van der Waals surface area (Å²) in [7, 11) is 4.29. The normalized spacial score (nSPS) is 19.0. The zero-order valence-electron chi connectivity index (χ0n) is 29.5. The van der Waals surface area contributed by atoms with Crippen molar-refractivity contribution in [3.05, 3.63) is 18.1 Å². The van der Waals surface area contributed by atoms with Crippen LogP contribution in [0.4, 0.5) is 19.0 Å². The molecular weight excluding hydrogens is 700 g/mol. The molecule has 1 fully saturated rings. The van der Waals surface area contributed by atoms with Gasteiger partial charge in [-0.05, 0) is 32.0 Å². The smallest absolute Gasteiger partial charge is 0.414 e. The third-order valence-electron chi connectivity index (χ3n) is 7.96. The van der Waals surface area contributed by atoms with Crippen LogP contribution in [0.25, 0.3) is 11.0 Å². The summed E-state index contributed by atoms with van der Waals surface area (Å²) in [6, 6.07) is 0. The van der Waals surface area contributed by atoms with Crippen molar-refractivity contribution >= 4 is 59.0 Å². The second kappa shape index (κ2) is 17.2. The van der Waals surface area contributed by atoms with Gasteiger partial charge in [0, 0.05) is 38.0 Å². The number of amides is 1. The standard InChI is InChI=1S/C31H48F3N7O5S2Si/c1-29(2,3)49(8,9)45-15-23-22(44-17-35)13-24(46-23)41-14-21(25-26(39-19-40(6)7)37-18-38-27(25)41)11-10-12-43-20-47-48-30(4,5)16-36-28(42)31(32,33)34/h14,18-19,22-24H,12-13,15-17,20,35H2,1-9H3,(H,36,42)/b39-19+/t22?,23-,24-/m1/s1. The van der Waals surface area contributed by atoms with Gasteiger partial charge in [-0.15, -0.1) is 0 Å². The number of nitrogens with one attached hydrogen (secondary N) is 1. The van der Waals surface area contributed by atoms with Crippen LogP contribution in [0.15, 0.2) is 17.5 Å². The molecule has 0 radical (unpaired) electrons. The van der Waals surface area contributed by atoms with E-state index in [9.17, 15) is 18.0 Å². The van der Waals surface area contributed by atoms with Crippen molar-refractivity contribution in [3.8, 4) is 11.8 Å².